The molecule has 0 aliphatic carbocycles. The Labute approximate surface area is 193 Å². The fourth-order valence-corrected chi connectivity index (χ4v) is 2.63. The van der Waals surface area contributed by atoms with Crippen LogP contribution in [-0.4, -0.2) is 25.2 Å². The van der Waals surface area contributed by atoms with E-state index in [1.54, 1.807) is 32.5 Å². The summed E-state index contributed by atoms with van der Waals surface area (Å²) in [6.07, 6.45) is 1.71. The largest absolute Gasteiger partial charge is 0.497 e. The summed E-state index contributed by atoms with van der Waals surface area (Å²) in [5.74, 6) is 2.20. The van der Waals surface area contributed by atoms with Gasteiger partial charge in [0.2, 0.25) is 5.88 Å². The van der Waals surface area contributed by atoms with Crippen molar-refractivity contribution in [2.45, 2.75) is 13.2 Å². The molecule has 0 saturated carbocycles. The van der Waals surface area contributed by atoms with Gasteiger partial charge in [-0.3, -0.25) is 0 Å². The van der Waals surface area contributed by atoms with Crippen LogP contribution in [0.1, 0.15) is 11.1 Å². The van der Waals surface area contributed by atoms with Crippen molar-refractivity contribution in [2.24, 2.45) is 10.7 Å². The Morgan fingerprint density at radius 3 is 2.57 bits per heavy atom. The molecule has 3 N–H and O–H groups in total. The van der Waals surface area contributed by atoms with Gasteiger partial charge >= 0.3 is 0 Å². The summed E-state index contributed by atoms with van der Waals surface area (Å²) in [5, 5.41) is 3.11. The maximum atomic E-state index is 6.02. The number of nitrogens with zero attached hydrogens (tertiary/aromatic N) is 2. The van der Waals surface area contributed by atoms with E-state index in [9.17, 15) is 0 Å². The first-order valence-electron chi connectivity index (χ1n) is 9.08. The van der Waals surface area contributed by atoms with E-state index in [1.807, 2.05) is 48.5 Å². The number of halogens is 1. The van der Waals surface area contributed by atoms with Crippen LogP contribution in [0.5, 0.6) is 17.4 Å². The number of ether oxygens (including phenoxy) is 3. The maximum Gasteiger partial charge on any atom is 0.219 e. The molecule has 0 atom stereocenters. The lowest BCUT2D eigenvalue weighted by Crippen LogP contribution is -2.23. The SMILES string of the molecule is COCc1ccccc1NC(N)=NCc1ccc(Oc2cccc(OC)c2)nc1.I. The van der Waals surface area contributed by atoms with Gasteiger partial charge in [0.1, 0.15) is 11.5 Å². The van der Waals surface area contributed by atoms with Crippen molar-refractivity contribution in [2.75, 3.05) is 19.5 Å². The molecule has 0 bridgehead atoms. The molecule has 2 aromatic carbocycles. The molecule has 0 saturated heterocycles. The topological polar surface area (TPSA) is 91.0 Å². The van der Waals surface area contributed by atoms with Crippen molar-refractivity contribution in [1.29, 1.82) is 0 Å². The Morgan fingerprint density at radius 2 is 1.83 bits per heavy atom. The number of aliphatic imine (C=N–C) groups is 1. The summed E-state index contributed by atoms with van der Waals surface area (Å²) in [5.41, 5.74) is 8.81. The van der Waals surface area contributed by atoms with E-state index in [-0.39, 0.29) is 24.0 Å². The monoisotopic (exact) mass is 520 g/mol. The van der Waals surface area contributed by atoms with Crippen LogP contribution in [0.3, 0.4) is 0 Å². The molecule has 0 spiro atoms. The Hall–Kier alpha value is -2.85. The molecule has 158 valence electrons. The number of nitrogens with two attached hydrogens (primary N) is 1. The second kappa shape index (κ2) is 12.0. The lowest BCUT2D eigenvalue weighted by molar-refractivity contribution is 0.185. The van der Waals surface area contributed by atoms with Gasteiger partial charge in [-0.15, -0.1) is 24.0 Å². The van der Waals surface area contributed by atoms with Crippen molar-refractivity contribution in [3.05, 3.63) is 78.0 Å². The Bertz CT molecular complexity index is 965. The van der Waals surface area contributed by atoms with E-state index in [4.69, 9.17) is 19.9 Å². The molecule has 1 aromatic heterocycles. The molecule has 8 heteroatoms. The molecule has 0 fully saturated rings. The number of rotatable bonds is 8. The minimum absolute atomic E-state index is 0. The van der Waals surface area contributed by atoms with Gasteiger partial charge in [-0.05, 0) is 23.8 Å². The predicted molar refractivity (Wildman–Crippen MR) is 129 cm³/mol. The molecule has 0 aliphatic rings. The van der Waals surface area contributed by atoms with Crippen LogP contribution in [0.15, 0.2) is 71.9 Å². The van der Waals surface area contributed by atoms with Gasteiger partial charge < -0.3 is 25.3 Å². The number of para-hydroxylation sites is 1. The summed E-state index contributed by atoms with van der Waals surface area (Å²) in [7, 11) is 3.27. The van der Waals surface area contributed by atoms with E-state index >= 15 is 0 Å². The first-order valence-corrected chi connectivity index (χ1v) is 9.08. The molecular weight excluding hydrogens is 495 g/mol. The van der Waals surface area contributed by atoms with Crippen molar-refractivity contribution >= 4 is 35.6 Å². The van der Waals surface area contributed by atoms with Crippen molar-refractivity contribution in [1.82, 2.24) is 4.98 Å². The Balaban J connectivity index is 0.00000320. The summed E-state index contributed by atoms with van der Waals surface area (Å²) in [6, 6.07) is 18.8. The summed E-state index contributed by atoms with van der Waals surface area (Å²) >= 11 is 0. The highest BCUT2D eigenvalue weighted by Crippen LogP contribution is 2.24. The van der Waals surface area contributed by atoms with Crippen LogP contribution < -0.4 is 20.5 Å². The van der Waals surface area contributed by atoms with Crippen LogP contribution >= 0.6 is 24.0 Å². The first kappa shape index (κ1) is 23.4. The number of hydrogen-bond donors (Lipinski definition) is 2. The van der Waals surface area contributed by atoms with Gasteiger partial charge in [-0.25, -0.2) is 9.98 Å². The summed E-state index contributed by atoms with van der Waals surface area (Å²) in [4.78, 5) is 8.69. The van der Waals surface area contributed by atoms with Gasteiger partial charge in [0, 0.05) is 36.7 Å². The second-order valence-electron chi connectivity index (χ2n) is 6.20. The highest BCUT2D eigenvalue weighted by molar-refractivity contribution is 14.0. The third-order valence-corrected chi connectivity index (χ3v) is 4.07. The number of pyridine rings is 1. The van der Waals surface area contributed by atoms with E-state index in [0.717, 1.165) is 22.6 Å². The number of nitrogens with one attached hydrogen (secondary N) is 1. The van der Waals surface area contributed by atoms with E-state index in [1.165, 1.54) is 0 Å². The number of benzene rings is 2. The summed E-state index contributed by atoms with van der Waals surface area (Å²) < 4.78 is 16.1. The lowest BCUT2D eigenvalue weighted by Gasteiger charge is -2.11. The molecule has 0 aliphatic heterocycles. The molecule has 7 nitrogen and oxygen atoms in total. The maximum absolute atomic E-state index is 6.02. The normalized spacial score (nSPS) is 10.8. The minimum atomic E-state index is 0. The highest BCUT2D eigenvalue weighted by Gasteiger charge is 2.04. The molecule has 0 unspecified atom stereocenters. The van der Waals surface area contributed by atoms with E-state index in [2.05, 4.69) is 15.3 Å². The zero-order valence-corrected chi connectivity index (χ0v) is 19.2. The average molecular weight is 520 g/mol. The molecule has 1 heterocycles. The minimum Gasteiger partial charge on any atom is -0.497 e. The fourth-order valence-electron chi connectivity index (χ4n) is 2.63. The van der Waals surface area contributed by atoms with Gasteiger partial charge in [-0.2, -0.15) is 0 Å². The molecule has 3 aromatic rings. The Morgan fingerprint density at radius 1 is 1.03 bits per heavy atom. The van der Waals surface area contributed by atoms with Gasteiger partial charge in [0.15, 0.2) is 5.96 Å². The summed E-state index contributed by atoms with van der Waals surface area (Å²) in [6.45, 7) is 0.896. The first-order chi connectivity index (χ1) is 14.2. The predicted octanol–water partition coefficient (Wildman–Crippen LogP) is 4.57. The number of hydrogen-bond acceptors (Lipinski definition) is 5. The number of aromatic nitrogens is 1. The zero-order chi connectivity index (χ0) is 20.5. The van der Waals surface area contributed by atoms with Gasteiger partial charge in [-0.1, -0.05) is 30.3 Å². The standard InChI is InChI=1S/C22H24N4O3.HI/c1-27-15-17-6-3-4-9-20(17)26-22(23)25-14-16-10-11-21(24-13-16)29-19-8-5-7-18(12-19)28-2;/h3-13H,14-15H2,1-2H3,(H3,23,25,26);1H. The fraction of sp³-hybridized carbons (Fsp3) is 0.182. The van der Waals surface area contributed by atoms with Gasteiger partial charge in [0.25, 0.3) is 0 Å². The van der Waals surface area contributed by atoms with Crippen LogP contribution in [0.4, 0.5) is 5.69 Å². The second-order valence-corrected chi connectivity index (χ2v) is 6.20. The van der Waals surface area contributed by atoms with Crippen LogP contribution in [-0.2, 0) is 17.9 Å². The quantitative estimate of drug-likeness (QED) is 0.257. The molecular formula is C22H25IN4O3. The molecule has 0 amide bonds. The zero-order valence-electron chi connectivity index (χ0n) is 16.9. The number of methoxy groups -OCH3 is 2. The van der Waals surface area contributed by atoms with Crippen LogP contribution in [0.2, 0.25) is 0 Å². The molecule has 0 radical (unpaired) electrons. The third kappa shape index (κ3) is 6.89. The third-order valence-electron chi connectivity index (χ3n) is 4.07. The van der Waals surface area contributed by atoms with Gasteiger partial charge in [0.05, 0.1) is 20.3 Å². The Kier molecular flexibility index (Phi) is 9.36. The lowest BCUT2D eigenvalue weighted by atomic mass is 10.2. The van der Waals surface area contributed by atoms with Crippen molar-refractivity contribution in [3.63, 3.8) is 0 Å². The average Bonchev–Trinajstić information content (AvgIpc) is 2.75. The highest BCUT2D eigenvalue weighted by atomic mass is 127. The van der Waals surface area contributed by atoms with Crippen molar-refractivity contribution in [3.8, 4) is 17.4 Å². The van der Waals surface area contributed by atoms with E-state index in [0.29, 0.717) is 30.7 Å². The molecule has 3 rings (SSSR count). The number of guanidine groups is 1. The van der Waals surface area contributed by atoms with E-state index < -0.39 is 0 Å². The van der Waals surface area contributed by atoms with Crippen LogP contribution in [0.25, 0.3) is 0 Å². The van der Waals surface area contributed by atoms with Crippen molar-refractivity contribution < 1.29 is 14.2 Å². The molecule has 30 heavy (non-hydrogen) atoms. The number of anilines is 1. The van der Waals surface area contributed by atoms with Crippen LogP contribution in [0, 0.1) is 0 Å². The smallest absolute Gasteiger partial charge is 0.219 e.